The second-order valence-electron chi connectivity index (χ2n) is 7.31. The molecule has 0 bridgehead atoms. The second kappa shape index (κ2) is 8.97. The zero-order valence-electron chi connectivity index (χ0n) is 17.6. The molecule has 0 amide bonds. The van der Waals surface area contributed by atoms with Crippen molar-refractivity contribution in [2.75, 3.05) is 43.6 Å². The smallest absolute Gasteiger partial charge is 0.345 e. The molecule has 3 aromatic rings. The molecule has 2 heterocycles. The fourth-order valence-corrected chi connectivity index (χ4v) is 3.99. The van der Waals surface area contributed by atoms with Gasteiger partial charge in [-0.1, -0.05) is 23.7 Å². The van der Waals surface area contributed by atoms with Crippen LogP contribution in [0.2, 0.25) is 5.02 Å². The first-order valence-electron chi connectivity index (χ1n) is 9.95. The van der Waals surface area contributed by atoms with Crippen molar-refractivity contribution >= 4 is 51.2 Å². The Morgan fingerprint density at radius 1 is 1.31 bits per heavy atom. The van der Waals surface area contributed by atoms with Gasteiger partial charge in [-0.3, -0.25) is 15.1 Å². The number of esters is 1. The van der Waals surface area contributed by atoms with Gasteiger partial charge in [0.05, 0.1) is 41.5 Å². The number of aromatic nitrogens is 1. The maximum atomic E-state index is 12.5. The van der Waals surface area contributed by atoms with Gasteiger partial charge in [-0.25, -0.2) is 4.79 Å². The summed E-state index contributed by atoms with van der Waals surface area (Å²) in [5.74, 6) is -0.783. The summed E-state index contributed by atoms with van der Waals surface area (Å²) in [5.41, 5.74) is 2.31. The van der Waals surface area contributed by atoms with Gasteiger partial charge in [0.2, 0.25) is 0 Å². The molecule has 32 heavy (non-hydrogen) atoms. The summed E-state index contributed by atoms with van der Waals surface area (Å²) in [4.78, 5) is 30.3. The summed E-state index contributed by atoms with van der Waals surface area (Å²) >= 11 is 6.30. The fourth-order valence-electron chi connectivity index (χ4n) is 3.77. The Morgan fingerprint density at radius 3 is 2.75 bits per heavy atom. The predicted octanol–water partition coefficient (Wildman–Crippen LogP) is 4.47. The van der Waals surface area contributed by atoms with Crippen LogP contribution in [0.3, 0.4) is 0 Å². The Kier molecular flexibility index (Phi) is 6.11. The number of nitro groups is 1. The lowest BCUT2D eigenvalue weighted by Crippen LogP contribution is -2.36. The van der Waals surface area contributed by atoms with E-state index >= 15 is 0 Å². The fraction of sp³-hybridized carbons (Fsp3) is 0.273. The van der Waals surface area contributed by atoms with E-state index in [1.54, 1.807) is 24.4 Å². The minimum absolute atomic E-state index is 0.127. The van der Waals surface area contributed by atoms with Crippen LogP contribution < -0.4 is 10.2 Å². The number of rotatable bonds is 5. The van der Waals surface area contributed by atoms with Gasteiger partial charge >= 0.3 is 11.7 Å². The molecule has 4 rings (SSSR count). The number of para-hydroxylation sites is 1. The summed E-state index contributed by atoms with van der Waals surface area (Å²) in [5, 5.41) is 16.4. The second-order valence-corrected chi connectivity index (χ2v) is 7.72. The van der Waals surface area contributed by atoms with E-state index in [4.69, 9.17) is 21.1 Å². The lowest BCUT2D eigenvalue weighted by Gasteiger charge is -2.29. The maximum Gasteiger partial charge on any atom is 0.345 e. The molecule has 0 aliphatic carbocycles. The van der Waals surface area contributed by atoms with E-state index in [9.17, 15) is 14.9 Å². The monoisotopic (exact) mass is 456 g/mol. The third kappa shape index (κ3) is 4.04. The number of hydrogen-bond acceptors (Lipinski definition) is 8. The molecule has 0 saturated carbocycles. The highest BCUT2D eigenvalue weighted by atomic mass is 35.5. The van der Waals surface area contributed by atoms with E-state index in [1.807, 2.05) is 17.9 Å². The number of aryl methyl sites for hydroxylation is 1. The van der Waals surface area contributed by atoms with Crippen LogP contribution in [0.1, 0.15) is 15.9 Å². The van der Waals surface area contributed by atoms with Crippen LogP contribution in [-0.2, 0) is 9.47 Å². The van der Waals surface area contributed by atoms with Crippen molar-refractivity contribution in [1.82, 2.24) is 4.98 Å². The quantitative estimate of drug-likeness (QED) is 0.340. The molecule has 166 valence electrons. The van der Waals surface area contributed by atoms with E-state index in [-0.39, 0.29) is 16.9 Å². The Balaban J connectivity index is 1.92. The zero-order chi connectivity index (χ0) is 22.8. The number of fused-ring (bicyclic) bond motifs is 1. The molecule has 2 aromatic carbocycles. The van der Waals surface area contributed by atoms with Crippen molar-refractivity contribution in [3.63, 3.8) is 0 Å². The SMILES string of the molecule is COC(=O)c1cc(N2CCOCC2)cc(Nc2c(C)cnc3c(Cl)cccc23)c1[N+](=O)[O-]. The van der Waals surface area contributed by atoms with Gasteiger partial charge < -0.3 is 19.7 Å². The standard InChI is InChI=1S/C22H21ClN4O5/c1-13-12-24-20-15(4-3-5-17(20)23)19(13)25-18-11-14(26-6-8-32-9-7-26)10-16(22(28)31-2)21(18)27(29)30/h3-5,10-12H,6-9H2,1-2H3,(H,24,25). The largest absolute Gasteiger partial charge is 0.465 e. The molecule has 1 aliphatic rings. The van der Waals surface area contributed by atoms with Crippen LogP contribution in [0.5, 0.6) is 0 Å². The third-order valence-electron chi connectivity index (χ3n) is 5.36. The van der Waals surface area contributed by atoms with E-state index < -0.39 is 10.9 Å². The lowest BCUT2D eigenvalue weighted by atomic mass is 10.1. The first-order valence-corrected chi connectivity index (χ1v) is 10.3. The summed E-state index contributed by atoms with van der Waals surface area (Å²) in [6, 6.07) is 8.52. The van der Waals surface area contributed by atoms with Gasteiger partial charge in [0, 0.05) is 30.4 Å². The third-order valence-corrected chi connectivity index (χ3v) is 5.66. The normalized spacial score (nSPS) is 13.8. The minimum Gasteiger partial charge on any atom is -0.465 e. The van der Waals surface area contributed by atoms with Crippen LogP contribution in [0.4, 0.5) is 22.7 Å². The number of carbonyl (C=O) groups is 1. The Bertz CT molecular complexity index is 1210. The number of halogens is 1. The Labute approximate surface area is 189 Å². The minimum atomic E-state index is -0.783. The number of benzene rings is 2. The average molecular weight is 457 g/mol. The van der Waals surface area contributed by atoms with Gasteiger partial charge in [-0.15, -0.1) is 0 Å². The predicted molar refractivity (Wildman–Crippen MR) is 122 cm³/mol. The highest BCUT2D eigenvalue weighted by molar-refractivity contribution is 6.35. The van der Waals surface area contributed by atoms with Gasteiger partial charge in [0.25, 0.3) is 0 Å². The summed E-state index contributed by atoms with van der Waals surface area (Å²) in [7, 11) is 1.20. The van der Waals surface area contributed by atoms with E-state index in [2.05, 4.69) is 10.3 Å². The first kappa shape index (κ1) is 21.8. The Morgan fingerprint density at radius 2 is 2.06 bits per heavy atom. The lowest BCUT2D eigenvalue weighted by molar-refractivity contribution is -0.384. The number of morpholine rings is 1. The molecule has 0 unspecified atom stereocenters. The first-order chi connectivity index (χ1) is 15.4. The van der Waals surface area contributed by atoms with Crippen molar-refractivity contribution in [1.29, 1.82) is 0 Å². The number of nitrogens with one attached hydrogen (secondary N) is 1. The van der Waals surface area contributed by atoms with Crippen LogP contribution in [0.25, 0.3) is 10.9 Å². The number of pyridine rings is 1. The molecular weight excluding hydrogens is 436 g/mol. The van der Waals surface area contributed by atoms with Gasteiger partial charge in [-0.2, -0.15) is 0 Å². The zero-order valence-corrected chi connectivity index (χ0v) is 18.3. The number of ether oxygens (including phenoxy) is 2. The van der Waals surface area contributed by atoms with Crippen molar-refractivity contribution in [2.24, 2.45) is 0 Å². The number of hydrogen-bond donors (Lipinski definition) is 1. The van der Waals surface area contributed by atoms with Crippen LogP contribution in [0, 0.1) is 17.0 Å². The molecular formula is C22H21ClN4O5. The topological polar surface area (TPSA) is 107 Å². The number of nitro benzene ring substituents is 1. The van der Waals surface area contributed by atoms with Crippen molar-refractivity contribution < 1.29 is 19.2 Å². The molecule has 1 aromatic heterocycles. The van der Waals surface area contributed by atoms with Gasteiger partial charge in [0.1, 0.15) is 11.3 Å². The molecule has 1 N–H and O–H groups in total. The molecule has 0 radical (unpaired) electrons. The highest BCUT2D eigenvalue weighted by Crippen LogP contribution is 2.39. The number of methoxy groups -OCH3 is 1. The Hall–Kier alpha value is -3.43. The van der Waals surface area contributed by atoms with Gasteiger partial charge in [0.15, 0.2) is 0 Å². The van der Waals surface area contributed by atoms with E-state index in [0.29, 0.717) is 53.6 Å². The number of carbonyl (C=O) groups excluding carboxylic acids is 1. The van der Waals surface area contributed by atoms with Crippen LogP contribution >= 0.6 is 11.6 Å². The average Bonchev–Trinajstić information content (AvgIpc) is 2.80. The summed E-state index contributed by atoms with van der Waals surface area (Å²) in [6.45, 7) is 4.10. The summed E-state index contributed by atoms with van der Waals surface area (Å²) in [6.07, 6.45) is 1.65. The van der Waals surface area contributed by atoms with Crippen molar-refractivity contribution in [3.8, 4) is 0 Å². The maximum absolute atomic E-state index is 12.5. The molecule has 1 fully saturated rings. The number of anilines is 3. The molecule has 10 heteroatoms. The molecule has 1 aliphatic heterocycles. The van der Waals surface area contributed by atoms with Crippen molar-refractivity contribution in [2.45, 2.75) is 6.92 Å². The molecule has 1 saturated heterocycles. The molecule has 0 spiro atoms. The van der Waals surface area contributed by atoms with Crippen LogP contribution in [0.15, 0.2) is 36.5 Å². The van der Waals surface area contributed by atoms with Crippen LogP contribution in [-0.4, -0.2) is 49.3 Å². The van der Waals surface area contributed by atoms with Crippen molar-refractivity contribution in [3.05, 3.63) is 62.8 Å². The number of nitrogens with zero attached hydrogens (tertiary/aromatic N) is 3. The van der Waals surface area contributed by atoms with Gasteiger partial charge in [-0.05, 0) is 30.7 Å². The van der Waals surface area contributed by atoms with E-state index in [1.165, 1.54) is 13.2 Å². The molecule has 9 nitrogen and oxygen atoms in total. The van der Waals surface area contributed by atoms with E-state index in [0.717, 1.165) is 5.56 Å². The highest BCUT2D eigenvalue weighted by Gasteiger charge is 2.29. The molecule has 0 atom stereocenters. The summed E-state index contributed by atoms with van der Waals surface area (Å²) < 4.78 is 10.2.